The minimum Gasteiger partial charge on any atom is -0.208 e. The Balaban J connectivity index is 2.48. The Kier molecular flexibility index (Phi) is 2.98. The molecule has 0 radical (unpaired) electrons. The molecule has 0 aromatic carbocycles. The molecule has 0 N–H and O–H groups in total. The van der Waals surface area contributed by atoms with Gasteiger partial charge in [0.1, 0.15) is 0 Å². The van der Waals surface area contributed by atoms with Gasteiger partial charge in [0.2, 0.25) is 10.1 Å². The highest BCUT2D eigenvalue weighted by atomic mass is 79.9. The van der Waals surface area contributed by atoms with Crippen LogP contribution in [0.25, 0.3) is 5.13 Å². The fourth-order valence-electron chi connectivity index (χ4n) is 1.23. The van der Waals surface area contributed by atoms with Crippen LogP contribution in [0.2, 0.25) is 0 Å². The van der Waals surface area contributed by atoms with Crippen LogP contribution < -0.4 is 0 Å². The maximum Gasteiger partial charge on any atom is 0.445 e. The quantitative estimate of drug-likeness (QED) is 0.808. The van der Waals surface area contributed by atoms with E-state index < -0.39 is 11.2 Å². The van der Waals surface area contributed by atoms with Gasteiger partial charge in [-0.05, 0) is 29.8 Å². The van der Waals surface area contributed by atoms with Gasteiger partial charge < -0.3 is 0 Å². The maximum atomic E-state index is 12.4. The fourth-order valence-corrected chi connectivity index (χ4v) is 2.19. The van der Waals surface area contributed by atoms with Crippen molar-refractivity contribution in [2.45, 2.75) is 20.0 Å². The molecule has 0 unspecified atom stereocenters. The van der Waals surface area contributed by atoms with Crippen molar-refractivity contribution in [2.75, 3.05) is 0 Å². The lowest BCUT2D eigenvalue weighted by Crippen LogP contribution is -2.03. The normalized spacial score (nSPS) is 12.1. The first kappa shape index (κ1) is 12.5. The SMILES string of the molecule is Cc1nn(-c2nnc(C(F)(F)F)s2)c(C)c1Br. The lowest BCUT2D eigenvalue weighted by molar-refractivity contribution is -0.138. The second-order valence-electron chi connectivity index (χ2n) is 3.28. The molecule has 0 amide bonds. The van der Waals surface area contributed by atoms with E-state index >= 15 is 0 Å². The van der Waals surface area contributed by atoms with E-state index in [0.717, 1.165) is 4.47 Å². The van der Waals surface area contributed by atoms with E-state index in [4.69, 9.17) is 0 Å². The summed E-state index contributed by atoms with van der Waals surface area (Å²) in [5.41, 5.74) is 1.37. The van der Waals surface area contributed by atoms with Crippen LogP contribution in [-0.2, 0) is 6.18 Å². The molecule has 2 aromatic rings. The van der Waals surface area contributed by atoms with Crippen molar-refractivity contribution in [3.63, 3.8) is 0 Å². The number of nitrogens with zero attached hydrogens (tertiary/aromatic N) is 4. The van der Waals surface area contributed by atoms with Crippen molar-refractivity contribution < 1.29 is 13.2 Å². The van der Waals surface area contributed by atoms with Crippen LogP contribution in [0.4, 0.5) is 13.2 Å². The zero-order chi connectivity index (χ0) is 12.8. The van der Waals surface area contributed by atoms with Crippen LogP contribution in [-0.4, -0.2) is 20.0 Å². The molecule has 0 saturated carbocycles. The molecule has 0 aliphatic heterocycles. The molecule has 0 aliphatic rings. The van der Waals surface area contributed by atoms with E-state index in [2.05, 4.69) is 31.2 Å². The largest absolute Gasteiger partial charge is 0.445 e. The topological polar surface area (TPSA) is 43.6 Å². The summed E-state index contributed by atoms with van der Waals surface area (Å²) >= 11 is 3.76. The first-order valence-electron chi connectivity index (χ1n) is 4.43. The summed E-state index contributed by atoms with van der Waals surface area (Å²) in [4.78, 5) is 0. The third kappa shape index (κ3) is 2.21. The van der Waals surface area contributed by atoms with Crippen LogP contribution in [0.3, 0.4) is 0 Å². The predicted octanol–water partition coefficient (Wildman–Crippen LogP) is 3.12. The highest BCUT2D eigenvalue weighted by Crippen LogP contribution is 2.33. The predicted molar refractivity (Wildman–Crippen MR) is 59.2 cm³/mol. The van der Waals surface area contributed by atoms with Gasteiger partial charge in [0.15, 0.2) is 0 Å². The van der Waals surface area contributed by atoms with E-state index in [9.17, 15) is 13.2 Å². The number of alkyl halides is 3. The molecule has 0 fully saturated rings. The van der Waals surface area contributed by atoms with E-state index in [1.165, 1.54) is 4.68 Å². The van der Waals surface area contributed by atoms with Crippen molar-refractivity contribution in [3.05, 3.63) is 20.9 Å². The molecular formula is C8H6BrF3N4S. The number of hydrogen-bond donors (Lipinski definition) is 0. The fraction of sp³-hybridized carbons (Fsp3) is 0.375. The first-order valence-corrected chi connectivity index (χ1v) is 6.04. The van der Waals surface area contributed by atoms with Crippen LogP contribution in [0.5, 0.6) is 0 Å². The highest BCUT2D eigenvalue weighted by Gasteiger charge is 2.36. The minimum absolute atomic E-state index is 0.101. The maximum absolute atomic E-state index is 12.4. The van der Waals surface area contributed by atoms with E-state index in [1.54, 1.807) is 13.8 Å². The molecule has 2 heterocycles. The van der Waals surface area contributed by atoms with Gasteiger partial charge in [0, 0.05) is 0 Å². The van der Waals surface area contributed by atoms with E-state index in [1.807, 2.05) is 0 Å². The Morgan fingerprint density at radius 1 is 1.24 bits per heavy atom. The lowest BCUT2D eigenvalue weighted by Gasteiger charge is -1.98. The zero-order valence-electron chi connectivity index (χ0n) is 8.71. The van der Waals surface area contributed by atoms with Crippen LogP contribution in [0.1, 0.15) is 16.4 Å². The Bertz CT molecular complexity index is 560. The smallest absolute Gasteiger partial charge is 0.208 e. The Labute approximate surface area is 107 Å². The van der Waals surface area contributed by atoms with Crippen molar-refractivity contribution in [1.29, 1.82) is 0 Å². The third-order valence-corrected chi connectivity index (χ3v) is 4.13. The van der Waals surface area contributed by atoms with Gasteiger partial charge in [-0.25, -0.2) is 4.68 Å². The van der Waals surface area contributed by atoms with Gasteiger partial charge in [-0.1, -0.05) is 11.3 Å². The highest BCUT2D eigenvalue weighted by molar-refractivity contribution is 9.10. The molecule has 0 spiro atoms. The van der Waals surface area contributed by atoms with Gasteiger partial charge in [-0.3, -0.25) is 0 Å². The molecule has 17 heavy (non-hydrogen) atoms. The molecule has 0 atom stereocenters. The molecular weight excluding hydrogens is 321 g/mol. The van der Waals surface area contributed by atoms with Gasteiger partial charge in [-0.15, -0.1) is 10.2 Å². The average molecular weight is 327 g/mol. The number of halogens is 4. The second-order valence-corrected chi connectivity index (χ2v) is 5.03. The summed E-state index contributed by atoms with van der Waals surface area (Å²) in [5.74, 6) is 0. The first-order chi connectivity index (χ1) is 7.80. The van der Waals surface area contributed by atoms with Crippen molar-refractivity contribution in [1.82, 2.24) is 20.0 Å². The molecule has 0 saturated heterocycles. The summed E-state index contributed by atoms with van der Waals surface area (Å²) in [6.45, 7) is 3.48. The summed E-state index contributed by atoms with van der Waals surface area (Å²) < 4.78 is 39.2. The number of aromatic nitrogens is 4. The molecule has 9 heteroatoms. The van der Waals surface area contributed by atoms with E-state index in [-0.39, 0.29) is 5.13 Å². The Morgan fingerprint density at radius 2 is 1.88 bits per heavy atom. The molecule has 2 rings (SSSR count). The summed E-state index contributed by atoms with van der Waals surface area (Å²) in [7, 11) is 0. The van der Waals surface area contributed by atoms with E-state index in [0.29, 0.717) is 22.7 Å². The molecule has 92 valence electrons. The van der Waals surface area contributed by atoms with Crippen LogP contribution in [0.15, 0.2) is 4.47 Å². The third-order valence-electron chi connectivity index (χ3n) is 2.04. The van der Waals surface area contributed by atoms with Crippen LogP contribution >= 0.6 is 27.3 Å². The van der Waals surface area contributed by atoms with Gasteiger partial charge in [0.25, 0.3) is 0 Å². The molecule has 4 nitrogen and oxygen atoms in total. The van der Waals surface area contributed by atoms with Crippen molar-refractivity contribution in [3.8, 4) is 5.13 Å². The summed E-state index contributed by atoms with van der Waals surface area (Å²) in [6, 6.07) is 0. The van der Waals surface area contributed by atoms with Gasteiger partial charge in [-0.2, -0.15) is 18.3 Å². The summed E-state index contributed by atoms with van der Waals surface area (Å²) in [5, 5.41) is 9.82. The monoisotopic (exact) mass is 326 g/mol. The molecule has 0 bridgehead atoms. The van der Waals surface area contributed by atoms with Crippen LogP contribution in [0, 0.1) is 13.8 Å². The molecule has 0 aliphatic carbocycles. The van der Waals surface area contributed by atoms with Crippen molar-refractivity contribution >= 4 is 27.3 Å². The zero-order valence-corrected chi connectivity index (χ0v) is 11.1. The minimum atomic E-state index is -4.47. The molecule has 2 aromatic heterocycles. The van der Waals surface area contributed by atoms with Gasteiger partial charge >= 0.3 is 6.18 Å². The van der Waals surface area contributed by atoms with Crippen molar-refractivity contribution in [2.24, 2.45) is 0 Å². The standard InChI is InChI=1S/C8H6BrF3N4S/c1-3-5(9)4(2)16(15-3)7-14-13-6(17-7)8(10,11)12/h1-2H3. The average Bonchev–Trinajstić information content (AvgIpc) is 2.79. The number of hydrogen-bond acceptors (Lipinski definition) is 4. The number of rotatable bonds is 1. The lowest BCUT2D eigenvalue weighted by atomic mass is 10.4. The number of aryl methyl sites for hydroxylation is 1. The van der Waals surface area contributed by atoms with Gasteiger partial charge in [0.05, 0.1) is 15.9 Å². The Morgan fingerprint density at radius 3 is 2.29 bits per heavy atom. The summed E-state index contributed by atoms with van der Waals surface area (Å²) in [6.07, 6.45) is -4.47. The second kappa shape index (κ2) is 4.05. The Hall–Kier alpha value is -0.960.